The summed E-state index contributed by atoms with van der Waals surface area (Å²) in [5.41, 5.74) is 2.62. The van der Waals surface area contributed by atoms with Gasteiger partial charge in [0.2, 0.25) is 0 Å². The number of urea groups is 1. The lowest BCUT2D eigenvalue weighted by Gasteiger charge is -2.33. The van der Waals surface area contributed by atoms with E-state index in [1.165, 1.54) is 16.0 Å². The molecule has 2 aliphatic rings. The number of carbonyl (C=O) groups excluding carboxylic acids is 2. The van der Waals surface area contributed by atoms with Crippen molar-refractivity contribution in [2.24, 2.45) is 5.92 Å². The predicted octanol–water partition coefficient (Wildman–Crippen LogP) is 2.16. The van der Waals surface area contributed by atoms with Gasteiger partial charge in [0.1, 0.15) is 6.04 Å². The molecule has 2 heterocycles. The van der Waals surface area contributed by atoms with Gasteiger partial charge in [-0.1, -0.05) is 29.8 Å². The third-order valence-electron chi connectivity index (χ3n) is 5.39. The lowest BCUT2D eigenvalue weighted by atomic mass is 9.95. The number of piperidine rings is 1. The number of methoxy groups -OCH3 is 1. The second-order valence-corrected chi connectivity index (χ2v) is 7.44. The van der Waals surface area contributed by atoms with Gasteiger partial charge in [-0.05, 0) is 44.3 Å². The summed E-state index contributed by atoms with van der Waals surface area (Å²) in [5, 5.41) is 2.77. The highest BCUT2D eigenvalue weighted by Gasteiger charge is 2.38. The van der Waals surface area contributed by atoms with Gasteiger partial charge in [-0.25, -0.2) is 4.79 Å². The van der Waals surface area contributed by atoms with Crippen LogP contribution in [0.5, 0.6) is 0 Å². The van der Waals surface area contributed by atoms with E-state index in [9.17, 15) is 9.59 Å². The number of imide groups is 1. The number of carbonyl (C=O) groups is 2. The summed E-state index contributed by atoms with van der Waals surface area (Å²) in [5.74, 6) is 0.286. The number of hydrogen-bond acceptors (Lipinski definition) is 4. The van der Waals surface area contributed by atoms with E-state index in [0.717, 1.165) is 32.5 Å². The van der Waals surface area contributed by atoms with Crippen LogP contribution in [0.25, 0.3) is 0 Å². The van der Waals surface area contributed by atoms with Gasteiger partial charge in [-0.3, -0.25) is 14.6 Å². The molecule has 2 fully saturated rings. The van der Waals surface area contributed by atoms with E-state index in [4.69, 9.17) is 4.74 Å². The number of nitrogens with one attached hydrogen (secondary N) is 1. The Labute approximate surface area is 155 Å². The minimum Gasteiger partial charge on any atom is -0.385 e. The van der Waals surface area contributed by atoms with Crippen molar-refractivity contribution >= 4 is 11.9 Å². The van der Waals surface area contributed by atoms with Crippen LogP contribution in [0.3, 0.4) is 0 Å². The summed E-state index contributed by atoms with van der Waals surface area (Å²) in [6.45, 7) is 6.10. The van der Waals surface area contributed by atoms with E-state index >= 15 is 0 Å². The number of nitrogens with zero attached hydrogens (tertiary/aromatic N) is 2. The topological polar surface area (TPSA) is 61.9 Å². The maximum Gasteiger partial charge on any atom is 0.324 e. The normalized spacial score (nSPS) is 22.1. The molecule has 6 nitrogen and oxygen atoms in total. The van der Waals surface area contributed by atoms with Crippen molar-refractivity contribution < 1.29 is 14.3 Å². The van der Waals surface area contributed by atoms with E-state index in [1.807, 2.05) is 0 Å². The molecule has 1 aromatic carbocycles. The van der Waals surface area contributed by atoms with Crippen molar-refractivity contribution in [2.75, 3.05) is 33.4 Å². The molecule has 0 radical (unpaired) electrons. The van der Waals surface area contributed by atoms with Crippen molar-refractivity contribution in [3.63, 3.8) is 0 Å². The molecular formula is C20H29N3O3. The molecule has 0 bridgehead atoms. The van der Waals surface area contributed by atoms with Gasteiger partial charge < -0.3 is 10.1 Å². The average Bonchev–Trinajstić information content (AvgIpc) is 2.91. The number of ether oxygens (including phenoxy) is 1. The fourth-order valence-corrected chi connectivity index (χ4v) is 3.72. The quantitative estimate of drug-likeness (QED) is 0.758. The monoisotopic (exact) mass is 359 g/mol. The summed E-state index contributed by atoms with van der Waals surface area (Å²) < 4.78 is 5.01. The maximum absolute atomic E-state index is 12.4. The molecule has 0 spiro atoms. The first-order valence-corrected chi connectivity index (χ1v) is 9.45. The Hall–Kier alpha value is -1.92. The zero-order chi connectivity index (χ0) is 18.5. The highest BCUT2D eigenvalue weighted by atomic mass is 16.5. The molecule has 3 rings (SSSR count). The minimum absolute atomic E-state index is 0.103. The van der Waals surface area contributed by atoms with Crippen LogP contribution in [0, 0.1) is 12.8 Å². The SMILES string of the molecule is COCCC1NC(=O)N(CC2CCN(Cc3ccc(C)cc3)CC2)C1=O. The third-order valence-corrected chi connectivity index (χ3v) is 5.39. The van der Waals surface area contributed by atoms with Crippen LogP contribution in [-0.2, 0) is 16.1 Å². The number of hydrogen-bond donors (Lipinski definition) is 1. The van der Waals surface area contributed by atoms with Crippen molar-refractivity contribution in [1.29, 1.82) is 0 Å². The van der Waals surface area contributed by atoms with E-state index in [2.05, 4.69) is 41.4 Å². The highest BCUT2D eigenvalue weighted by molar-refractivity contribution is 6.04. The third kappa shape index (κ3) is 4.62. The van der Waals surface area contributed by atoms with Crippen molar-refractivity contribution in [3.8, 4) is 0 Å². The molecule has 1 atom stereocenters. The predicted molar refractivity (Wildman–Crippen MR) is 99.7 cm³/mol. The van der Waals surface area contributed by atoms with Crippen LogP contribution >= 0.6 is 0 Å². The van der Waals surface area contributed by atoms with Crippen LogP contribution in [0.1, 0.15) is 30.4 Å². The Balaban J connectivity index is 1.45. The molecule has 2 saturated heterocycles. The fraction of sp³-hybridized carbons (Fsp3) is 0.600. The molecular weight excluding hydrogens is 330 g/mol. The summed E-state index contributed by atoms with van der Waals surface area (Å²) in [4.78, 5) is 28.4. The molecule has 2 aliphatic heterocycles. The maximum atomic E-state index is 12.4. The number of amides is 3. The summed E-state index contributed by atoms with van der Waals surface area (Å²) >= 11 is 0. The van der Waals surface area contributed by atoms with E-state index < -0.39 is 6.04 Å². The van der Waals surface area contributed by atoms with Crippen LogP contribution < -0.4 is 5.32 Å². The fourth-order valence-electron chi connectivity index (χ4n) is 3.72. The summed E-state index contributed by atoms with van der Waals surface area (Å²) in [6, 6.07) is 8.01. The molecule has 142 valence electrons. The van der Waals surface area contributed by atoms with E-state index in [1.54, 1.807) is 7.11 Å². The second kappa shape index (κ2) is 8.64. The van der Waals surface area contributed by atoms with Crippen LogP contribution in [0.15, 0.2) is 24.3 Å². The molecule has 1 N–H and O–H groups in total. The molecule has 0 aromatic heterocycles. The van der Waals surface area contributed by atoms with Gasteiger partial charge in [-0.15, -0.1) is 0 Å². The summed E-state index contributed by atoms with van der Waals surface area (Å²) in [7, 11) is 1.60. The van der Waals surface area contributed by atoms with E-state index in [0.29, 0.717) is 25.5 Å². The Morgan fingerprint density at radius 3 is 2.50 bits per heavy atom. The van der Waals surface area contributed by atoms with Gasteiger partial charge in [0, 0.05) is 33.2 Å². The van der Waals surface area contributed by atoms with Crippen LogP contribution in [0.2, 0.25) is 0 Å². The largest absolute Gasteiger partial charge is 0.385 e. The van der Waals surface area contributed by atoms with Crippen LogP contribution in [0.4, 0.5) is 4.79 Å². The molecule has 26 heavy (non-hydrogen) atoms. The van der Waals surface area contributed by atoms with Crippen molar-refractivity contribution in [2.45, 2.75) is 38.8 Å². The highest BCUT2D eigenvalue weighted by Crippen LogP contribution is 2.22. The number of likely N-dealkylation sites (tertiary alicyclic amines) is 1. The molecule has 3 amide bonds. The first-order valence-electron chi connectivity index (χ1n) is 9.45. The second-order valence-electron chi connectivity index (χ2n) is 7.44. The number of aryl methyl sites for hydroxylation is 1. The molecule has 6 heteroatoms. The van der Waals surface area contributed by atoms with Crippen molar-refractivity contribution in [1.82, 2.24) is 15.1 Å². The van der Waals surface area contributed by atoms with E-state index in [-0.39, 0.29) is 11.9 Å². The smallest absolute Gasteiger partial charge is 0.324 e. The van der Waals surface area contributed by atoms with Crippen molar-refractivity contribution in [3.05, 3.63) is 35.4 Å². The standard InChI is InChI=1S/C20H29N3O3/c1-15-3-5-16(6-4-15)13-22-10-7-17(8-11-22)14-23-19(24)18(9-12-26-2)21-20(23)25/h3-6,17-18H,7-14H2,1-2H3,(H,21,25). The van der Waals surface area contributed by atoms with Gasteiger partial charge in [-0.2, -0.15) is 0 Å². The zero-order valence-electron chi connectivity index (χ0n) is 15.7. The summed E-state index contributed by atoms with van der Waals surface area (Å²) in [6.07, 6.45) is 2.57. The Kier molecular flexibility index (Phi) is 6.27. The Morgan fingerprint density at radius 1 is 1.15 bits per heavy atom. The number of rotatable bonds is 7. The average molecular weight is 359 g/mol. The Bertz CT molecular complexity index is 624. The zero-order valence-corrected chi connectivity index (χ0v) is 15.7. The van der Waals surface area contributed by atoms with Gasteiger partial charge >= 0.3 is 6.03 Å². The first-order chi connectivity index (χ1) is 12.6. The minimum atomic E-state index is -0.427. The van der Waals surface area contributed by atoms with Gasteiger partial charge in [0.15, 0.2) is 0 Å². The first kappa shape index (κ1) is 18.9. The lowest BCUT2D eigenvalue weighted by molar-refractivity contribution is -0.128. The van der Waals surface area contributed by atoms with Gasteiger partial charge in [0.25, 0.3) is 5.91 Å². The molecule has 1 aromatic rings. The molecule has 0 aliphatic carbocycles. The lowest BCUT2D eigenvalue weighted by Crippen LogP contribution is -2.41. The number of benzene rings is 1. The van der Waals surface area contributed by atoms with Gasteiger partial charge in [0.05, 0.1) is 0 Å². The molecule has 1 unspecified atom stereocenters. The molecule has 0 saturated carbocycles. The van der Waals surface area contributed by atoms with Crippen LogP contribution in [-0.4, -0.2) is 61.1 Å². The Morgan fingerprint density at radius 2 is 1.85 bits per heavy atom.